The maximum absolute atomic E-state index is 5.28. The number of hydrogen-bond donors (Lipinski definition) is 2. The lowest BCUT2D eigenvalue weighted by Gasteiger charge is -2.26. The van der Waals surface area contributed by atoms with Gasteiger partial charge in [-0.25, -0.2) is 5.43 Å². The van der Waals surface area contributed by atoms with Crippen molar-refractivity contribution < 1.29 is 0 Å². The molecule has 1 atom stereocenters. The molecule has 0 spiro atoms. The standard InChI is InChI=1S/C6H17N3/c1-5(2)6(8-7)9(3)4/h5-6,8H,7H2,1-4H3. The largest absolute Gasteiger partial charge is 0.293 e. The molecule has 0 saturated carbocycles. The molecule has 0 aliphatic carbocycles. The summed E-state index contributed by atoms with van der Waals surface area (Å²) in [6.07, 6.45) is 0.282. The minimum Gasteiger partial charge on any atom is -0.293 e. The van der Waals surface area contributed by atoms with E-state index >= 15 is 0 Å². The smallest absolute Gasteiger partial charge is 0.0744 e. The van der Waals surface area contributed by atoms with E-state index in [1.54, 1.807) is 0 Å². The van der Waals surface area contributed by atoms with Crippen molar-refractivity contribution in [2.75, 3.05) is 14.1 Å². The minimum atomic E-state index is 0.282. The summed E-state index contributed by atoms with van der Waals surface area (Å²) in [6.45, 7) is 4.26. The molecule has 0 bridgehead atoms. The van der Waals surface area contributed by atoms with Crippen molar-refractivity contribution in [1.29, 1.82) is 0 Å². The van der Waals surface area contributed by atoms with Crippen LogP contribution in [0.15, 0.2) is 0 Å². The third-order valence-electron chi connectivity index (χ3n) is 1.36. The van der Waals surface area contributed by atoms with Crippen LogP contribution in [0.2, 0.25) is 0 Å². The van der Waals surface area contributed by atoms with Gasteiger partial charge >= 0.3 is 0 Å². The Bertz CT molecular complexity index is 62.7. The fourth-order valence-electron chi connectivity index (χ4n) is 0.938. The van der Waals surface area contributed by atoms with Gasteiger partial charge in [0.1, 0.15) is 0 Å². The zero-order valence-corrected chi connectivity index (χ0v) is 6.68. The molecular formula is C6H17N3. The Morgan fingerprint density at radius 3 is 1.78 bits per heavy atom. The van der Waals surface area contributed by atoms with Gasteiger partial charge in [0, 0.05) is 0 Å². The molecule has 0 amide bonds. The molecule has 1 unspecified atom stereocenters. The van der Waals surface area contributed by atoms with Crippen LogP contribution < -0.4 is 11.3 Å². The monoisotopic (exact) mass is 131 g/mol. The molecule has 3 N–H and O–H groups in total. The highest BCUT2D eigenvalue weighted by Crippen LogP contribution is 2.01. The SMILES string of the molecule is CC(C)C(NN)N(C)C. The quantitative estimate of drug-likeness (QED) is 0.322. The van der Waals surface area contributed by atoms with Crippen LogP contribution in [0, 0.1) is 5.92 Å². The Hall–Kier alpha value is -0.120. The number of nitrogens with two attached hydrogens (primary N) is 1. The van der Waals surface area contributed by atoms with E-state index in [0.717, 1.165) is 0 Å². The summed E-state index contributed by atoms with van der Waals surface area (Å²) in [6, 6.07) is 0. The highest BCUT2D eigenvalue weighted by atomic mass is 15.4. The minimum absolute atomic E-state index is 0.282. The van der Waals surface area contributed by atoms with Gasteiger partial charge in [-0.3, -0.25) is 10.7 Å². The summed E-state index contributed by atoms with van der Waals surface area (Å²) < 4.78 is 0. The third kappa shape index (κ3) is 2.79. The molecule has 0 radical (unpaired) electrons. The lowest BCUT2D eigenvalue weighted by atomic mass is 10.1. The fraction of sp³-hybridized carbons (Fsp3) is 1.00. The molecule has 0 rings (SSSR count). The summed E-state index contributed by atoms with van der Waals surface area (Å²) in [5.41, 5.74) is 2.73. The van der Waals surface area contributed by atoms with E-state index in [-0.39, 0.29) is 6.17 Å². The van der Waals surface area contributed by atoms with Crippen LogP contribution >= 0.6 is 0 Å². The van der Waals surface area contributed by atoms with Crippen molar-refractivity contribution in [2.24, 2.45) is 11.8 Å². The average molecular weight is 131 g/mol. The van der Waals surface area contributed by atoms with Crippen LogP contribution in [-0.4, -0.2) is 25.2 Å². The number of hydrazine groups is 1. The van der Waals surface area contributed by atoms with Gasteiger partial charge in [-0.1, -0.05) is 13.8 Å². The van der Waals surface area contributed by atoms with Crippen molar-refractivity contribution in [1.82, 2.24) is 10.3 Å². The van der Waals surface area contributed by atoms with Gasteiger partial charge in [0.25, 0.3) is 0 Å². The summed E-state index contributed by atoms with van der Waals surface area (Å²) in [4.78, 5) is 2.06. The summed E-state index contributed by atoms with van der Waals surface area (Å²) >= 11 is 0. The average Bonchev–Trinajstić information content (AvgIpc) is 1.64. The Morgan fingerprint density at radius 2 is 1.78 bits per heavy atom. The van der Waals surface area contributed by atoms with Crippen LogP contribution in [0.3, 0.4) is 0 Å². The molecule has 0 aromatic rings. The van der Waals surface area contributed by atoms with E-state index in [4.69, 9.17) is 5.84 Å². The molecule has 0 aromatic carbocycles. The Balaban J connectivity index is 3.68. The molecule has 56 valence electrons. The van der Waals surface area contributed by atoms with Gasteiger partial charge in [0.05, 0.1) is 6.17 Å². The topological polar surface area (TPSA) is 41.3 Å². The van der Waals surface area contributed by atoms with Crippen LogP contribution in [0.1, 0.15) is 13.8 Å². The highest BCUT2D eigenvalue weighted by Gasteiger charge is 2.11. The highest BCUT2D eigenvalue weighted by molar-refractivity contribution is 4.62. The van der Waals surface area contributed by atoms with E-state index in [9.17, 15) is 0 Å². The Morgan fingerprint density at radius 1 is 1.33 bits per heavy atom. The summed E-state index contributed by atoms with van der Waals surface area (Å²) in [7, 11) is 4.01. The van der Waals surface area contributed by atoms with Crippen molar-refractivity contribution in [3.8, 4) is 0 Å². The number of rotatable bonds is 3. The molecule has 0 aliphatic heterocycles. The molecule has 0 fully saturated rings. The van der Waals surface area contributed by atoms with E-state index in [1.807, 2.05) is 14.1 Å². The first kappa shape index (κ1) is 8.88. The first-order chi connectivity index (χ1) is 4.09. The fourth-order valence-corrected chi connectivity index (χ4v) is 0.938. The van der Waals surface area contributed by atoms with Crippen LogP contribution in [0.5, 0.6) is 0 Å². The molecule has 0 aliphatic rings. The van der Waals surface area contributed by atoms with Gasteiger partial charge in [0.2, 0.25) is 0 Å². The second kappa shape index (κ2) is 3.82. The third-order valence-corrected chi connectivity index (χ3v) is 1.36. The van der Waals surface area contributed by atoms with E-state index < -0.39 is 0 Å². The summed E-state index contributed by atoms with van der Waals surface area (Å²) in [5.74, 6) is 5.83. The number of nitrogens with zero attached hydrogens (tertiary/aromatic N) is 1. The number of nitrogens with one attached hydrogen (secondary N) is 1. The second-order valence-corrected chi connectivity index (χ2v) is 2.82. The van der Waals surface area contributed by atoms with E-state index in [1.165, 1.54) is 0 Å². The molecule has 0 heterocycles. The van der Waals surface area contributed by atoms with Crippen LogP contribution in [0.4, 0.5) is 0 Å². The first-order valence-corrected chi connectivity index (χ1v) is 3.22. The second-order valence-electron chi connectivity index (χ2n) is 2.82. The molecule has 9 heavy (non-hydrogen) atoms. The molecule has 3 nitrogen and oxygen atoms in total. The molecule has 0 saturated heterocycles. The van der Waals surface area contributed by atoms with Crippen molar-refractivity contribution in [3.05, 3.63) is 0 Å². The van der Waals surface area contributed by atoms with Crippen molar-refractivity contribution >= 4 is 0 Å². The predicted molar refractivity (Wildman–Crippen MR) is 39.6 cm³/mol. The molecular weight excluding hydrogens is 114 g/mol. The number of hydrogen-bond acceptors (Lipinski definition) is 3. The predicted octanol–water partition coefficient (Wildman–Crippen LogP) is -0.00660. The maximum atomic E-state index is 5.28. The van der Waals surface area contributed by atoms with Gasteiger partial charge in [-0.15, -0.1) is 0 Å². The van der Waals surface area contributed by atoms with Gasteiger partial charge in [-0.05, 0) is 20.0 Å². The molecule has 3 heteroatoms. The normalized spacial score (nSPS) is 15.0. The van der Waals surface area contributed by atoms with Crippen LogP contribution in [-0.2, 0) is 0 Å². The zero-order valence-electron chi connectivity index (χ0n) is 6.68. The molecule has 0 aromatic heterocycles. The van der Waals surface area contributed by atoms with Gasteiger partial charge in [0.15, 0.2) is 0 Å². The first-order valence-electron chi connectivity index (χ1n) is 3.22. The van der Waals surface area contributed by atoms with Gasteiger partial charge < -0.3 is 0 Å². The van der Waals surface area contributed by atoms with E-state index in [2.05, 4.69) is 24.2 Å². The lowest BCUT2D eigenvalue weighted by molar-refractivity contribution is 0.191. The Kier molecular flexibility index (Phi) is 3.77. The van der Waals surface area contributed by atoms with Gasteiger partial charge in [-0.2, -0.15) is 0 Å². The lowest BCUT2D eigenvalue weighted by Crippen LogP contribution is -2.48. The maximum Gasteiger partial charge on any atom is 0.0744 e. The Labute approximate surface area is 57.2 Å². The van der Waals surface area contributed by atoms with Crippen molar-refractivity contribution in [2.45, 2.75) is 20.0 Å². The van der Waals surface area contributed by atoms with Crippen LogP contribution in [0.25, 0.3) is 0 Å². The van der Waals surface area contributed by atoms with E-state index in [0.29, 0.717) is 5.92 Å². The summed E-state index contributed by atoms with van der Waals surface area (Å²) in [5, 5.41) is 0. The van der Waals surface area contributed by atoms with Crippen molar-refractivity contribution in [3.63, 3.8) is 0 Å². The zero-order chi connectivity index (χ0) is 7.44.